The van der Waals surface area contributed by atoms with Crippen LogP contribution in [0.25, 0.3) is 22.2 Å². The van der Waals surface area contributed by atoms with Crippen LogP contribution in [-0.4, -0.2) is 32.5 Å². The Balaban J connectivity index is 1.27. The Labute approximate surface area is 213 Å². The number of methoxy groups -OCH3 is 1. The summed E-state index contributed by atoms with van der Waals surface area (Å²) in [6, 6.07) is 17.4. The van der Waals surface area contributed by atoms with Crippen LogP contribution in [0.5, 0.6) is 0 Å². The van der Waals surface area contributed by atoms with Crippen LogP contribution in [0.3, 0.4) is 0 Å². The number of hydrogen-bond donors (Lipinski definition) is 2. The molecule has 5 rings (SSSR count). The van der Waals surface area contributed by atoms with Crippen molar-refractivity contribution in [3.63, 3.8) is 0 Å². The summed E-state index contributed by atoms with van der Waals surface area (Å²) in [5.74, 6) is 1.11. The van der Waals surface area contributed by atoms with Crippen LogP contribution in [0.4, 0.5) is 0 Å². The fourth-order valence-corrected chi connectivity index (χ4v) is 7.45. The first-order valence-corrected chi connectivity index (χ1v) is 14.4. The molecule has 1 heterocycles. The van der Waals surface area contributed by atoms with Gasteiger partial charge in [0.25, 0.3) is 0 Å². The highest BCUT2D eigenvalue weighted by molar-refractivity contribution is 7.89. The van der Waals surface area contributed by atoms with Gasteiger partial charge < -0.3 is 9.72 Å². The number of esters is 1. The topological polar surface area (TPSA) is 88.3 Å². The molecular weight excluding hydrogens is 472 g/mol. The molecule has 2 fully saturated rings. The van der Waals surface area contributed by atoms with Crippen LogP contribution in [0.2, 0.25) is 0 Å². The van der Waals surface area contributed by atoms with Gasteiger partial charge in [-0.1, -0.05) is 48.6 Å². The predicted molar refractivity (Wildman–Crippen MR) is 142 cm³/mol. The van der Waals surface area contributed by atoms with Crippen molar-refractivity contribution < 1.29 is 17.9 Å². The van der Waals surface area contributed by atoms with E-state index in [0.717, 1.165) is 54.3 Å². The van der Waals surface area contributed by atoms with Crippen molar-refractivity contribution in [2.45, 2.75) is 55.9 Å². The Bertz CT molecular complexity index is 1350. The summed E-state index contributed by atoms with van der Waals surface area (Å²) in [6.45, 7) is 0. The van der Waals surface area contributed by atoms with E-state index >= 15 is 0 Å². The minimum atomic E-state index is -3.64. The number of H-pyrrole nitrogens is 1. The Kier molecular flexibility index (Phi) is 7.30. The van der Waals surface area contributed by atoms with E-state index in [1.807, 2.05) is 36.4 Å². The predicted octanol–water partition coefficient (Wildman–Crippen LogP) is 5.82. The first-order valence-electron chi connectivity index (χ1n) is 12.9. The van der Waals surface area contributed by atoms with Crippen molar-refractivity contribution in [3.8, 4) is 11.3 Å². The zero-order chi connectivity index (χ0) is 25.1. The van der Waals surface area contributed by atoms with Crippen LogP contribution in [-0.2, 0) is 19.6 Å². The first kappa shape index (κ1) is 24.8. The van der Waals surface area contributed by atoms with E-state index in [1.54, 1.807) is 12.1 Å². The molecule has 2 bridgehead atoms. The Morgan fingerprint density at radius 2 is 1.89 bits per heavy atom. The zero-order valence-corrected chi connectivity index (χ0v) is 21.5. The summed E-state index contributed by atoms with van der Waals surface area (Å²) in [6.07, 6.45) is 10.5. The summed E-state index contributed by atoms with van der Waals surface area (Å²) in [5.41, 5.74) is 2.86. The minimum absolute atomic E-state index is 0.0345. The van der Waals surface area contributed by atoms with Gasteiger partial charge in [-0.3, -0.25) is 4.79 Å². The number of carbonyl (C=O) groups excluding carboxylic acids is 1. The Morgan fingerprint density at radius 1 is 1.08 bits per heavy atom. The molecule has 2 saturated carbocycles. The fourth-order valence-electron chi connectivity index (χ4n) is 6.06. The second-order valence-corrected chi connectivity index (χ2v) is 11.8. The Hall–Kier alpha value is -2.90. The molecule has 0 aliphatic heterocycles. The van der Waals surface area contributed by atoms with Crippen LogP contribution >= 0.6 is 0 Å². The van der Waals surface area contributed by atoms with Crippen molar-refractivity contribution >= 4 is 26.9 Å². The number of nitrogens with one attached hydrogen (secondary N) is 2. The van der Waals surface area contributed by atoms with Gasteiger partial charge in [0.15, 0.2) is 0 Å². The summed E-state index contributed by atoms with van der Waals surface area (Å²) in [4.78, 5) is 14.9. The lowest BCUT2D eigenvalue weighted by Gasteiger charge is -2.31. The van der Waals surface area contributed by atoms with E-state index in [1.165, 1.54) is 13.5 Å². The number of rotatable bonds is 10. The van der Waals surface area contributed by atoms with Crippen molar-refractivity contribution in [2.24, 2.45) is 17.8 Å². The highest BCUT2D eigenvalue weighted by atomic mass is 32.2. The quantitative estimate of drug-likeness (QED) is 0.206. The van der Waals surface area contributed by atoms with Crippen LogP contribution in [0.15, 0.2) is 71.6 Å². The zero-order valence-electron chi connectivity index (χ0n) is 20.7. The lowest BCUT2D eigenvalue weighted by molar-refractivity contribution is -0.140. The fraction of sp³-hybridized carbons (Fsp3) is 0.414. The number of sulfonamides is 1. The average Bonchev–Trinajstić information content (AvgIpc) is 3.61. The standard InChI is InChI=1S/C29H34N2O4S/c1-35-28(32)12-8-3-2-7-11-25-21-13-14-23(17-21)29(25)31-36(33,34)24-16-15-22-18-26(30-27(22)19-24)20-9-5-4-6-10-20/h2,4-7,9-10,15-16,18-19,21,23,25,29-31H,3,8,11-14,17H2,1H3/b7-2-/t21-,23+,25+,29+/m0/s1. The molecule has 190 valence electrons. The smallest absolute Gasteiger partial charge is 0.305 e. The van der Waals surface area contributed by atoms with Gasteiger partial charge in [0.05, 0.1) is 12.0 Å². The number of aromatic nitrogens is 1. The van der Waals surface area contributed by atoms with Crippen molar-refractivity contribution in [3.05, 3.63) is 66.7 Å². The third-order valence-corrected chi connectivity index (χ3v) is 9.38. The molecule has 6 nitrogen and oxygen atoms in total. The van der Waals surface area contributed by atoms with Crippen molar-refractivity contribution in [1.29, 1.82) is 0 Å². The van der Waals surface area contributed by atoms with Gasteiger partial charge in [-0.2, -0.15) is 0 Å². The number of aromatic amines is 1. The third kappa shape index (κ3) is 5.27. The van der Waals surface area contributed by atoms with Crippen LogP contribution in [0, 0.1) is 17.8 Å². The molecule has 7 heteroatoms. The highest BCUT2D eigenvalue weighted by Crippen LogP contribution is 2.50. The van der Waals surface area contributed by atoms with E-state index in [9.17, 15) is 13.2 Å². The lowest BCUT2D eigenvalue weighted by atomic mass is 9.83. The van der Waals surface area contributed by atoms with Gasteiger partial charge in [0, 0.05) is 29.1 Å². The molecule has 0 unspecified atom stereocenters. The molecule has 2 aliphatic carbocycles. The number of carbonyl (C=O) groups is 1. The molecule has 4 atom stereocenters. The molecule has 2 aromatic carbocycles. The highest BCUT2D eigenvalue weighted by Gasteiger charge is 2.48. The van der Waals surface area contributed by atoms with Gasteiger partial charge in [-0.25, -0.2) is 13.1 Å². The average molecular weight is 507 g/mol. The molecule has 36 heavy (non-hydrogen) atoms. The van der Waals surface area contributed by atoms with Crippen LogP contribution < -0.4 is 4.72 Å². The second kappa shape index (κ2) is 10.6. The van der Waals surface area contributed by atoms with E-state index in [4.69, 9.17) is 0 Å². The van der Waals surface area contributed by atoms with Gasteiger partial charge in [0.1, 0.15) is 0 Å². The number of benzene rings is 2. The maximum atomic E-state index is 13.5. The number of unbranched alkanes of at least 4 members (excludes halogenated alkanes) is 1. The molecule has 1 aromatic heterocycles. The van der Waals surface area contributed by atoms with Gasteiger partial charge in [-0.05, 0) is 80.0 Å². The SMILES string of the molecule is COC(=O)CCC/C=C\C[C@@H]1[C@H]2CC[C@H](C2)[C@H]1NS(=O)(=O)c1ccc2cc(-c3ccccc3)[nH]c2c1. The molecular formula is C29H34N2O4S. The number of ether oxygens (including phenoxy) is 1. The van der Waals surface area contributed by atoms with E-state index in [2.05, 4.69) is 32.7 Å². The molecule has 0 amide bonds. The van der Waals surface area contributed by atoms with E-state index in [-0.39, 0.29) is 12.0 Å². The monoisotopic (exact) mass is 506 g/mol. The molecule has 0 radical (unpaired) electrons. The molecule has 3 aromatic rings. The molecule has 2 N–H and O–H groups in total. The van der Waals surface area contributed by atoms with Gasteiger partial charge in [-0.15, -0.1) is 0 Å². The molecule has 0 spiro atoms. The largest absolute Gasteiger partial charge is 0.469 e. The molecule has 0 saturated heterocycles. The number of hydrogen-bond acceptors (Lipinski definition) is 4. The second-order valence-electron chi connectivity index (χ2n) is 10.1. The lowest BCUT2D eigenvalue weighted by Crippen LogP contribution is -2.43. The van der Waals surface area contributed by atoms with Crippen molar-refractivity contribution in [2.75, 3.05) is 7.11 Å². The van der Waals surface area contributed by atoms with E-state index in [0.29, 0.717) is 29.1 Å². The first-order chi connectivity index (χ1) is 17.4. The van der Waals surface area contributed by atoms with Gasteiger partial charge >= 0.3 is 5.97 Å². The number of allylic oxidation sites excluding steroid dienone is 2. The van der Waals surface area contributed by atoms with E-state index < -0.39 is 10.0 Å². The number of fused-ring (bicyclic) bond motifs is 3. The summed E-state index contributed by atoms with van der Waals surface area (Å²) >= 11 is 0. The van der Waals surface area contributed by atoms with Crippen molar-refractivity contribution in [1.82, 2.24) is 9.71 Å². The Morgan fingerprint density at radius 3 is 2.69 bits per heavy atom. The maximum Gasteiger partial charge on any atom is 0.305 e. The third-order valence-electron chi connectivity index (χ3n) is 7.92. The summed E-state index contributed by atoms with van der Waals surface area (Å²) < 4.78 is 34.7. The minimum Gasteiger partial charge on any atom is -0.469 e. The summed E-state index contributed by atoms with van der Waals surface area (Å²) in [5, 5.41) is 0.989. The van der Waals surface area contributed by atoms with Gasteiger partial charge in [0.2, 0.25) is 10.0 Å². The van der Waals surface area contributed by atoms with Crippen LogP contribution in [0.1, 0.15) is 44.9 Å². The summed E-state index contributed by atoms with van der Waals surface area (Å²) in [7, 11) is -2.23. The normalized spacial score (nSPS) is 23.6. The maximum absolute atomic E-state index is 13.5. The molecule has 2 aliphatic rings.